The summed E-state index contributed by atoms with van der Waals surface area (Å²) < 4.78 is 0. The maximum absolute atomic E-state index is 10.5. The molecule has 1 saturated carbocycles. The largest absolute Gasteiger partial charge is 0.481 e. The van der Waals surface area contributed by atoms with Crippen LogP contribution in [0.1, 0.15) is 63.4 Å². The first-order valence-corrected chi connectivity index (χ1v) is 10.8. The zero-order valence-electron chi connectivity index (χ0n) is 16.6. The second kappa shape index (κ2) is 12.2. The second-order valence-electron chi connectivity index (χ2n) is 7.91. The fraction of sp³-hybridized carbons (Fsp3) is 0.609. The monoisotopic (exact) mass is 422 g/mol. The number of rotatable bonds is 10. The number of unbranched alkanes of at least 4 members (excludes halogenated alkanes) is 3. The van der Waals surface area contributed by atoms with Crippen LogP contribution < -0.4 is 0 Å². The van der Waals surface area contributed by atoms with Gasteiger partial charge in [-0.15, -0.1) is 0 Å². The Bertz CT molecular complexity index is 693. The summed E-state index contributed by atoms with van der Waals surface area (Å²) >= 11 is 5.84. The minimum Gasteiger partial charge on any atom is -0.481 e. The molecule has 0 heterocycles. The van der Waals surface area contributed by atoms with E-state index < -0.39 is 24.3 Å². The van der Waals surface area contributed by atoms with E-state index in [-0.39, 0.29) is 18.3 Å². The summed E-state index contributed by atoms with van der Waals surface area (Å²) in [5.74, 6) is 4.96. The molecule has 29 heavy (non-hydrogen) atoms. The molecule has 1 fully saturated rings. The highest BCUT2D eigenvalue weighted by molar-refractivity contribution is 6.30. The third-order valence-electron chi connectivity index (χ3n) is 5.70. The SMILES string of the molecule is O=C(O)CCCCCCC1C(CCC(O)C#Cc2ccc(Cl)cc2)[C@H](O)C[C@@H]1O. The summed E-state index contributed by atoms with van der Waals surface area (Å²) in [4.78, 5) is 10.5. The van der Waals surface area contributed by atoms with E-state index in [4.69, 9.17) is 16.7 Å². The number of aliphatic carboxylic acids is 1. The molecular formula is C23H31ClO5. The van der Waals surface area contributed by atoms with Gasteiger partial charge in [-0.2, -0.15) is 0 Å². The van der Waals surface area contributed by atoms with Gasteiger partial charge in [0, 0.05) is 17.0 Å². The summed E-state index contributed by atoms with van der Waals surface area (Å²) in [7, 11) is 0. The molecule has 3 unspecified atom stereocenters. The van der Waals surface area contributed by atoms with Crippen LogP contribution in [-0.2, 0) is 4.79 Å². The van der Waals surface area contributed by atoms with E-state index in [1.54, 1.807) is 24.3 Å². The van der Waals surface area contributed by atoms with E-state index in [2.05, 4.69) is 11.8 Å². The lowest BCUT2D eigenvalue weighted by Gasteiger charge is -2.24. The van der Waals surface area contributed by atoms with Crippen molar-refractivity contribution < 1.29 is 25.2 Å². The highest BCUT2D eigenvalue weighted by atomic mass is 35.5. The number of aliphatic hydroxyl groups is 3. The molecule has 0 spiro atoms. The topological polar surface area (TPSA) is 98.0 Å². The first-order valence-electron chi connectivity index (χ1n) is 10.4. The molecule has 0 bridgehead atoms. The highest BCUT2D eigenvalue weighted by Gasteiger charge is 2.40. The van der Waals surface area contributed by atoms with Gasteiger partial charge in [-0.1, -0.05) is 42.7 Å². The fourth-order valence-corrected chi connectivity index (χ4v) is 4.24. The predicted octanol–water partition coefficient (Wildman–Crippen LogP) is 3.62. The Labute approximate surface area is 177 Å². The van der Waals surface area contributed by atoms with Gasteiger partial charge in [0.1, 0.15) is 6.10 Å². The Kier molecular flexibility index (Phi) is 9.96. The van der Waals surface area contributed by atoms with Gasteiger partial charge in [0.25, 0.3) is 0 Å². The van der Waals surface area contributed by atoms with Gasteiger partial charge < -0.3 is 20.4 Å². The molecule has 160 valence electrons. The number of carboxylic acids is 1. The molecule has 1 aromatic carbocycles. The molecule has 4 N–H and O–H groups in total. The maximum Gasteiger partial charge on any atom is 0.303 e. The number of hydrogen-bond donors (Lipinski definition) is 4. The Morgan fingerprint density at radius 1 is 1.03 bits per heavy atom. The third-order valence-corrected chi connectivity index (χ3v) is 5.95. The van der Waals surface area contributed by atoms with Crippen molar-refractivity contribution in [2.24, 2.45) is 11.8 Å². The molecule has 1 aliphatic rings. The van der Waals surface area contributed by atoms with Gasteiger partial charge in [0.2, 0.25) is 0 Å². The molecule has 5 atom stereocenters. The first-order chi connectivity index (χ1) is 13.9. The van der Waals surface area contributed by atoms with Gasteiger partial charge in [0.15, 0.2) is 0 Å². The summed E-state index contributed by atoms with van der Waals surface area (Å²) in [5.41, 5.74) is 0.783. The quantitative estimate of drug-likeness (QED) is 0.341. The van der Waals surface area contributed by atoms with E-state index in [9.17, 15) is 20.1 Å². The highest BCUT2D eigenvalue weighted by Crippen LogP contribution is 2.39. The van der Waals surface area contributed by atoms with E-state index >= 15 is 0 Å². The lowest BCUT2D eigenvalue weighted by Crippen LogP contribution is -2.23. The molecule has 5 nitrogen and oxygen atoms in total. The smallest absolute Gasteiger partial charge is 0.303 e. The normalized spacial score (nSPS) is 24.7. The van der Waals surface area contributed by atoms with Crippen molar-refractivity contribution in [1.29, 1.82) is 0 Å². The molecular weight excluding hydrogens is 392 g/mol. The first kappa shape index (κ1) is 23.7. The van der Waals surface area contributed by atoms with E-state index in [1.807, 2.05) is 0 Å². The molecule has 1 aliphatic carbocycles. The van der Waals surface area contributed by atoms with E-state index in [0.29, 0.717) is 30.7 Å². The van der Waals surface area contributed by atoms with Crippen molar-refractivity contribution in [3.8, 4) is 11.8 Å². The van der Waals surface area contributed by atoms with Gasteiger partial charge in [-0.05, 0) is 68.2 Å². The Hall–Kier alpha value is -1.58. The molecule has 2 rings (SSSR count). The number of benzene rings is 1. The predicted molar refractivity (Wildman–Crippen MR) is 113 cm³/mol. The number of carbonyl (C=O) groups is 1. The number of aliphatic hydroxyl groups excluding tert-OH is 3. The minimum atomic E-state index is -0.785. The van der Waals surface area contributed by atoms with Crippen LogP contribution in [0, 0.1) is 23.7 Å². The van der Waals surface area contributed by atoms with Crippen molar-refractivity contribution in [3.63, 3.8) is 0 Å². The summed E-state index contributed by atoms with van der Waals surface area (Å²) in [6.07, 6.45) is 3.94. The van der Waals surface area contributed by atoms with Crippen molar-refractivity contribution in [2.45, 2.75) is 76.1 Å². The van der Waals surface area contributed by atoms with Crippen molar-refractivity contribution >= 4 is 17.6 Å². The number of hydrogen-bond acceptors (Lipinski definition) is 4. The average Bonchev–Trinajstić information content (AvgIpc) is 2.94. The lowest BCUT2D eigenvalue weighted by molar-refractivity contribution is -0.137. The standard InChI is InChI=1S/C23H31ClO5/c24-17-10-7-16(8-11-17)9-12-18(25)13-14-20-19(21(26)15-22(20)27)5-3-1-2-4-6-23(28)29/h7-8,10-11,18-22,25-27H,1-6,13-15H2,(H,28,29)/t18?,19?,20?,21-,22+/m0/s1. The Balaban J connectivity index is 1.77. The zero-order chi connectivity index (χ0) is 21.2. The third kappa shape index (κ3) is 8.36. The van der Waals surface area contributed by atoms with E-state index in [0.717, 1.165) is 31.2 Å². The molecule has 0 aromatic heterocycles. The number of halogens is 1. The van der Waals surface area contributed by atoms with Crippen molar-refractivity contribution in [2.75, 3.05) is 0 Å². The van der Waals surface area contributed by atoms with Crippen LogP contribution in [0.3, 0.4) is 0 Å². The van der Waals surface area contributed by atoms with Gasteiger partial charge in [-0.3, -0.25) is 4.79 Å². The van der Waals surface area contributed by atoms with Crippen LogP contribution in [0.5, 0.6) is 0 Å². The minimum absolute atomic E-state index is 0.0147. The molecule has 0 aliphatic heterocycles. The molecule has 6 heteroatoms. The molecule has 0 radical (unpaired) electrons. The van der Waals surface area contributed by atoms with Crippen molar-refractivity contribution in [1.82, 2.24) is 0 Å². The fourth-order valence-electron chi connectivity index (χ4n) is 4.11. The number of carboxylic acid groups (broad SMARTS) is 1. The molecule has 0 amide bonds. The summed E-state index contributed by atoms with van der Waals surface area (Å²) in [6, 6.07) is 7.10. The van der Waals surface area contributed by atoms with Crippen LogP contribution in [-0.4, -0.2) is 44.7 Å². The maximum atomic E-state index is 10.5. The van der Waals surface area contributed by atoms with Gasteiger partial charge in [-0.25, -0.2) is 0 Å². The Morgan fingerprint density at radius 2 is 1.66 bits per heavy atom. The Morgan fingerprint density at radius 3 is 2.31 bits per heavy atom. The summed E-state index contributed by atoms with van der Waals surface area (Å²) in [6.45, 7) is 0. The van der Waals surface area contributed by atoms with Crippen molar-refractivity contribution in [3.05, 3.63) is 34.9 Å². The van der Waals surface area contributed by atoms with Gasteiger partial charge in [0.05, 0.1) is 12.2 Å². The van der Waals surface area contributed by atoms with Crippen LogP contribution in [0.15, 0.2) is 24.3 Å². The average molecular weight is 423 g/mol. The molecule has 0 saturated heterocycles. The van der Waals surface area contributed by atoms with Crippen LogP contribution in [0.4, 0.5) is 0 Å². The van der Waals surface area contributed by atoms with Crippen LogP contribution in [0.2, 0.25) is 5.02 Å². The zero-order valence-corrected chi connectivity index (χ0v) is 17.4. The van der Waals surface area contributed by atoms with E-state index in [1.165, 1.54) is 0 Å². The van der Waals surface area contributed by atoms with Crippen LogP contribution >= 0.6 is 11.6 Å². The lowest BCUT2D eigenvalue weighted by atomic mass is 9.85. The second-order valence-corrected chi connectivity index (χ2v) is 8.35. The summed E-state index contributed by atoms with van der Waals surface area (Å²) in [5, 5.41) is 40.1. The van der Waals surface area contributed by atoms with Crippen LogP contribution in [0.25, 0.3) is 0 Å². The molecule has 1 aromatic rings. The van der Waals surface area contributed by atoms with Gasteiger partial charge >= 0.3 is 5.97 Å².